The number of nitrogens with zero attached hydrogens (tertiary/aromatic N) is 3. The third kappa shape index (κ3) is 6.25. The zero-order chi connectivity index (χ0) is 26.6. The summed E-state index contributed by atoms with van der Waals surface area (Å²) in [6.07, 6.45) is 2.85. The van der Waals surface area contributed by atoms with Crippen molar-refractivity contribution >= 4 is 17.5 Å². The van der Waals surface area contributed by atoms with E-state index in [1.165, 1.54) is 23.6 Å². The number of amides is 1. The summed E-state index contributed by atoms with van der Waals surface area (Å²) in [4.78, 5) is 37.2. The van der Waals surface area contributed by atoms with Crippen LogP contribution in [0.1, 0.15) is 31.7 Å². The summed E-state index contributed by atoms with van der Waals surface area (Å²) in [5.74, 6) is -2.56. The Morgan fingerprint density at radius 1 is 1.19 bits per heavy atom. The van der Waals surface area contributed by atoms with Gasteiger partial charge in [-0.1, -0.05) is 19.4 Å². The fourth-order valence-corrected chi connectivity index (χ4v) is 4.08. The number of aromatic nitrogens is 3. The number of aryl methyl sites for hydroxylation is 1. The average molecular weight is 519 g/mol. The number of carbonyl (C=O) groups is 1. The number of rotatable bonds is 7. The van der Waals surface area contributed by atoms with E-state index in [1.807, 2.05) is 12.4 Å². The van der Waals surface area contributed by atoms with Crippen molar-refractivity contribution in [2.75, 3.05) is 23.3 Å². The lowest BCUT2D eigenvalue weighted by Crippen LogP contribution is -2.39. The molecule has 0 unspecified atom stereocenters. The van der Waals surface area contributed by atoms with Crippen LogP contribution in [0.25, 0.3) is 11.1 Å². The number of nitrogens with one attached hydrogen (secondary N) is 2. The lowest BCUT2D eigenvalue weighted by molar-refractivity contribution is -0.167. The van der Waals surface area contributed by atoms with E-state index < -0.39 is 29.1 Å². The second-order valence-corrected chi connectivity index (χ2v) is 8.64. The highest BCUT2D eigenvalue weighted by Crippen LogP contribution is 2.31. The third-order valence-electron chi connectivity index (χ3n) is 5.93. The minimum Gasteiger partial charge on any atom is -0.489 e. The first kappa shape index (κ1) is 26.1. The molecule has 1 aromatic carbocycles. The van der Waals surface area contributed by atoms with Crippen LogP contribution in [0.2, 0.25) is 0 Å². The van der Waals surface area contributed by atoms with Gasteiger partial charge in [-0.2, -0.15) is 13.2 Å². The number of halogens is 4. The number of H-pyrrole nitrogens is 1. The maximum Gasteiger partial charge on any atom is 0.471 e. The van der Waals surface area contributed by atoms with Gasteiger partial charge in [0.15, 0.2) is 0 Å². The standard InChI is InChI=1S/C25H25F4N5O3/c1-2-3-15-13-31-24(32-14-15)34-10-7-17(8-11-34)37-20-6-9-30-22(35)21(20)16-4-5-19(18(26)12-16)33-23(36)25(27,28)29/h4-6,9,12-14,17H,2-3,7-8,10-11H2,1H3,(H,30,35)(H,33,36). The first-order chi connectivity index (χ1) is 17.7. The van der Waals surface area contributed by atoms with E-state index in [9.17, 15) is 27.2 Å². The Morgan fingerprint density at radius 3 is 2.51 bits per heavy atom. The van der Waals surface area contributed by atoms with E-state index in [2.05, 4.69) is 26.8 Å². The first-order valence-corrected chi connectivity index (χ1v) is 11.8. The maximum absolute atomic E-state index is 14.5. The topological polar surface area (TPSA) is 100 Å². The van der Waals surface area contributed by atoms with Crippen molar-refractivity contribution in [1.82, 2.24) is 15.0 Å². The Labute approximate surface area is 209 Å². The summed E-state index contributed by atoms with van der Waals surface area (Å²) in [5.41, 5.74) is 0.00318. The number of aromatic amines is 1. The molecule has 2 aromatic heterocycles. The highest BCUT2D eigenvalue weighted by Gasteiger charge is 2.39. The molecule has 8 nitrogen and oxygen atoms in total. The number of piperidine rings is 1. The predicted octanol–water partition coefficient (Wildman–Crippen LogP) is 4.47. The molecule has 3 aromatic rings. The van der Waals surface area contributed by atoms with Crippen LogP contribution in [-0.2, 0) is 11.2 Å². The molecule has 1 aliphatic rings. The van der Waals surface area contributed by atoms with Crippen LogP contribution in [-0.4, -0.2) is 46.2 Å². The highest BCUT2D eigenvalue weighted by atomic mass is 19.4. The molecule has 3 heterocycles. The van der Waals surface area contributed by atoms with Gasteiger partial charge >= 0.3 is 12.1 Å². The molecular formula is C25H25F4N5O3. The summed E-state index contributed by atoms with van der Waals surface area (Å²) in [6, 6.07) is 4.63. The summed E-state index contributed by atoms with van der Waals surface area (Å²) < 4.78 is 58.1. The number of anilines is 2. The number of pyridine rings is 1. The Morgan fingerprint density at radius 2 is 1.89 bits per heavy atom. The Kier molecular flexibility index (Phi) is 7.74. The monoisotopic (exact) mass is 519 g/mol. The van der Waals surface area contributed by atoms with Gasteiger partial charge in [-0.25, -0.2) is 14.4 Å². The summed E-state index contributed by atoms with van der Waals surface area (Å²) >= 11 is 0. The Bertz CT molecular complexity index is 1300. The van der Waals surface area contributed by atoms with Gasteiger partial charge in [0.2, 0.25) is 5.95 Å². The highest BCUT2D eigenvalue weighted by molar-refractivity contribution is 5.95. The van der Waals surface area contributed by atoms with Crippen LogP contribution in [0.5, 0.6) is 5.75 Å². The van der Waals surface area contributed by atoms with Gasteiger partial charge in [-0.05, 0) is 35.7 Å². The van der Waals surface area contributed by atoms with E-state index in [0.29, 0.717) is 31.9 Å². The smallest absolute Gasteiger partial charge is 0.471 e. The lowest BCUT2D eigenvalue weighted by atomic mass is 10.0. The molecule has 12 heteroatoms. The van der Waals surface area contributed by atoms with E-state index in [1.54, 1.807) is 0 Å². The van der Waals surface area contributed by atoms with Gasteiger partial charge in [0.05, 0.1) is 11.3 Å². The minimum absolute atomic E-state index is 0.0346. The van der Waals surface area contributed by atoms with Gasteiger partial charge in [0.25, 0.3) is 5.56 Å². The van der Waals surface area contributed by atoms with Crippen LogP contribution < -0.4 is 20.5 Å². The van der Waals surface area contributed by atoms with E-state index in [-0.39, 0.29) is 23.0 Å². The van der Waals surface area contributed by atoms with Crippen molar-refractivity contribution in [1.29, 1.82) is 0 Å². The van der Waals surface area contributed by atoms with Crippen molar-refractivity contribution in [3.8, 4) is 16.9 Å². The third-order valence-corrected chi connectivity index (χ3v) is 5.93. The molecule has 0 radical (unpaired) electrons. The Hall–Kier alpha value is -3.96. The van der Waals surface area contributed by atoms with Gasteiger partial charge in [-0.15, -0.1) is 0 Å². The zero-order valence-electron chi connectivity index (χ0n) is 19.9. The van der Waals surface area contributed by atoms with Crippen molar-refractivity contribution in [2.24, 2.45) is 0 Å². The fourth-order valence-electron chi connectivity index (χ4n) is 4.08. The number of benzene rings is 1. The molecule has 1 aliphatic heterocycles. The number of carbonyl (C=O) groups excluding carboxylic acids is 1. The van der Waals surface area contributed by atoms with Gasteiger partial charge in [0, 0.05) is 44.5 Å². The number of ether oxygens (including phenoxy) is 1. The normalized spacial score (nSPS) is 14.5. The summed E-state index contributed by atoms with van der Waals surface area (Å²) in [5, 5.41) is 1.48. The molecule has 1 saturated heterocycles. The quantitative estimate of drug-likeness (QED) is 0.447. The molecule has 0 atom stereocenters. The Balaban J connectivity index is 1.46. The largest absolute Gasteiger partial charge is 0.489 e. The van der Waals surface area contributed by atoms with Crippen molar-refractivity contribution in [3.63, 3.8) is 0 Å². The van der Waals surface area contributed by atoms with Crippen LogP contribution in [0.3, 0.4) is 0 Å². The molecule has 196 valence electrons. The number of alkyl halides is 3. The van der Waals surface area contributed by atoms with E-state index in [0.717, 1.165) is 30.5 Å². The molecule has 4 rings (SSSR count). The molecule has 2 N–H and O–H groups in total. The van der Waals surface area contributed by atoms with Gasteiger partial charge in [-0.3, -0.25) is 9.59 Å². The zero-order valence-corrected chi connectivity index (χ0v) is 19.9. The second-order valence-electron chi connectivity index (χ2n) is 8.64. The molecule has 37 heavy (non-hydrogen) atoms. The fraction of sp³-hybridized carbons (Fsp3) is 0.360. The van der Waals surface area contributed by atoms with Gasteiger partial charge in [0.1, 0.15) is 17.7 Å². The van der Waals surface area contributed by atoms with Crippen LogP contribution in [0.15, 0.2) is 47.7 Å². The molecule has 1 amide bonds. The molecule has 0 saturated carbocycles. The van der Waals surface area contributed by atoms with Crippen molar-refractivity contribution < 1.29 is 27.1 Å². The molecular weight excluding hydrogens is 494 g/mol. The molecule has 0 spiro atoms. The SMILES string of the molecule is CCCc1cnc(N2CCC(Oc3cc[nH]c(=O)c3-c3ccc(NC(=O)C(F)(F)F)c(F)c3)CC2)nc1. The van der Waals surface area contributed by atoms with Crippen LogP contribution in [0, 0.1) is 5.82 Å². The van der Waals surface area contributed by atoms with Crippen molar-refractivity contribution in [3.05, 3.63) is 64.6 Å². The lowest BCUT2D eigenvalue weighted by Gasteiger charge is -2.32. The van der Waals surface area contributed by atoms with Gasteiger partial charge < -0.3 is 19.9 Å². The average Bonchev–Trinajstić information content (AvgIpc) is 2.86. The molecule has 1 fully saturated rings. The number of hydrogen-bond donors (Lipinski definition) is 2. The van der Waals surface area contributed by atoms with Crippen LogP contribution >= 0.6 is 0 Å². The number of hydrogen-bond acceptors (Lipinski definition) is 6. The first-order valence-electron chi connectivity index (χ1n) is 11.8. The molecule has 0 bridgehead atoms. The molecule has 0 aliphatic carbocycles. The van der Waals surface area contributed by atoms with Crippen molar-refractivity contribution in [2.45, 2.75) is 44.9 Å². The van der Waals surface area contributed by atoms with E-state index >= 15 is 0 Å². The predicted molar refractivity (Wildman–Crippen MR) is 129 cm³/mol. The maximum atomic E-state index is 14.5. The van der Waals surface area contributed by atoms with Crippen LogP contribution in [0.4, 0.5) is 29.2 Å². The van der Waals surface area contributed by atoms with E-state index in [4.69, 9.17) is 4.74 Å². The minimum atomic E-state index is -5.16. The summed E-state index contributed by atoms with van der Waals surface area (Å²) in [6.45, 7) is 3.37. The second kappa shape index (κ2) is 11.0. The summed E-state index contributed by atoms with van der Waals surface area (Å²) in [7, 11) is 0.